The number of carbonyl (C=O) groups is 1. The summed E-state index contributed by atoms with van der Waals surface area (Å²) in [6.45, 7) is 6.68. The number of hydrogen-bond donors (Lipinski definition) is 1. The lowest BCUT2D eigenvalue weighted by molar-refractivity contribution is 0.0594. The highest BCUT2D eigenvalue weighted by Crippen LogP contribution is 2.18. The Morgan fingerprint density at radius 1 is 1.50 bits per heavy atom. The van der Waals surface area contributed by atoms with E-state index in [0.717, 1.165) is 18.8 Å². The van der Waals surface area contributed by atoms with Crippen LogP contribution in [0.5, 0.6) is 0 Å². The van der Waals surface area contributed by atoms with Crippen molar-refractivity contribution in [3.05, 3.63) is 24.0 Å². The Labute approximate surface area is 120 Å². The Morgan fingerprint density at radius 3 is 2.90 bits per heavy atom. The number of hydrogen-bond acceptors (Lipinski definition) is 5. The Morgan fingerprint density at radius 2 is 2.25 bits per heavy atom. The lowest BCUT2D eigenvalue weighted by Crippen LogP contribution is -2.35. The van der Waals surface area contributed by atoms with Crippen LogP contribution in [-0.4, -0.2) is 49.1 Å². The number of carbonyl (C=O) groups excluding carboxylic acids is 1. The molecule has 0 amide bonds. The standard InChI is InChI=1S/C15H23N3O2/c1-3-18-8-5-12(6-9-18)11-17-13-4-7-16-14(10-13)15(19)20-2/h4,7,10,12H,3,5-6,8-9,11H2,1-2H3,(H,16,17). The van der Waals surface area contributed by atoms with Gasteiger partial charge >= 0.3 is 5.97 Å². The Bertz CT molecular complexity index is 442. The van der Waals surface area contributed by atoms with Crippen LogP contribution in [-0.2, 0) is 4.74 Å². The van der Waals surface area contributed by atoms with E-state index >= 15 is 0 Å². The third-order valence-electron chi connectivity index (χ3n) is 3.90. The van der Waals surface area contributed by atoms with Crippen molar-refractivity contribution >= 4 is 11.7 Å². The molecule has 1 N–H and O–H groups in total. The number of aromatic nitrogens is 1. The first kappa shape index (κ1) is 14.8. The van der Waals surface area contributed by atoms with Crippen LogP contribution in [0.25, 0.3) is 0 Å². The highest BCUT2D eigenvalue weighted by molar-refractivity contribution is 5.88. The monoisotopic (exact) mass is 277 g/mol. The van der Waals surface area contributed by atoms with Gasteiger partial charge in [0.1, 0.15) is 5.69 Å². The zero-order chi connectivity index (χ0) is 14.4. The minimum atomic E-state index is -0.398. The molecule has 2 rings (SSSR count). The number of nitrogens with zero attached hydrogens (tertiary/aromatic N) is 2. The Kier molecular flexibility index (Phi) is 5.35. The van der Waals surface area contributed by atoms with Gasteiger partial charge in [0.2, 0.25) is 0 Å². The number of rotatable bonds is 5. The average molecular weight is 277 g/mol. The first-order chi connectivity index (χ1) is 9.72. The van der Waals surface area contributed by atoms with Crippen molar-refractivity contribution in [3.63, 3.8) is 0 Å². The summed E-state index contributed by atoms with van der Waals surface area (Å²) in [5.41, 5.74) is 1.27. The number of pyridine rings is 1. The van der Waals surface area contributed by atoms with Crippen molar-refractivity contribution in [3.8, 4) is 0 Å². The molecule has 1 aromatic heterocycles. The predicted octanol–water partition coefficient (Wildman–Crippen LogP) is 2.01. The minimum absolute atomic E-state index is 0.346. The number of anilines is 1. The first-order valence-electron chi connectivity index (χ1n) is 7.23. The maximum absolute atomic E-state index is 11.4. The highest BCUT2D eigenvalue weighted by atomic mass is 16.5. The molecule has 110 valence electrons. The quantitative estimate of drug-likeness (QED) is 0.834. The van der Waals surface area contributed by atoms with Crippen molar-refractivity contribution in [2.24, 2.45) is 5.92 Å². The first-order valence-corrected chi connectivity index (χ1v) is 7.23. The molecular formula is C15H23N3O2. The molecule has 0 bridgehead atoms. The summed E-state index contributed by atoms with van der Waals surface area (Å²) < 4.78 is 4.68. The van der Waals surface area contributed by atoms with E-state index in [1.807, 2.05) is 6.07 Å². The number of esters is 1. The largest absolute Gasteiger partial charge is 0.464 e. The maximum Gasteiger partial charge on any atom is 0.356 e. The van der Waals surface area contributed by atoms with E-state index in [1.54, 1.807) is 12.3 Å². The molecule has 0 atom stereocenters. The van der Waals surface area contributed by atoms with Gasteiger partial charge in [-0.1, -0.05) is 6.92 Å². The van der Waals surface area contributed by atoms with E-state index in [-0.39, 0.29) is 0 Å². The van der Waals surface area contributed by atoms with Gasteiger partial charge in [-0.15, -0.1) is 0 Å². The van der Waals surface area contributed by atoms with Crippen molar-refractivity contribution in [1.29, 1.82) is 0 Å². The molecule has 0 aliphatic carbocycles. The van der Waals surface area contributed by atoms with Crippen molar-refractivity contribution in [2.75, 3.05) is 38.6 Å². The van der Waals surface area contributed by atoms with Gasteiger partial charge in [-0.2, -0.15) is 0 Å². The summed E-state index contributed by atoms with van der Waals surface area (Å²) in [5.74, 6) is 0.303. The summed E-state index contributed by atoms with van der Waals surface area (Å²) in [6, 6.07) is 3.63. The summed E-state index contributed by atoms with van der Waals surface area (Å²) in [4.78, 5) is 17.9. The van der Waals surface area contributed by atoms with Crippen molar-refractivity contribution < 1.29 is 9.53 Å². The van der Waals surface area contributed by atoms with Gasteiger partial charge in [-0.25, -0.2) is 9.78 Å². The molecule has 0 radical (unpaired) electrons. The zero-order valence-corrected chi connectivity index (χ0v) is 12.3. The molecule has 0 spiro atoms. The number of likely N-dealkylation sites (tertiary alicyclic amines) is 1. The molecule has 5 heteroatoms. The molecular weight excluding hydrogens is 254 g/mol. The van der Waals surface area contributed by atoms with Crippen molar-refractivity contribution in [2.45, 2.75) is 19.8 Å². The number of nitrogens with one attached hydrogen (secondary N) is 1. The lowest BCUT2D eigenvalue weighted by Gasteiger charge is -2.31. The molecule has 1 fully saturated rings. The van der Waals surface area contributed by atoms with Gasteiger partial charge in [-0.3, -0.25) is 0 Å². The number of ether oxygens (including phenoxy) is 1. The third kappa shape index (κ3) is 3.93. The highest BCUT2D eigenvalue weighted by Gasteiger charge is 2.17. The molecule has 5 nitrogen and oxygen atoms in total. The molecule has 0 unspecified atom stereocenters. The number of methoxy groups -OCH3 is 1. The van der Waals surface area contributed by atoms with Gasteiger partial charge in [0, 0.05) is 18.4 Å². The van der Waals surface area contributed by atoms with E-state index in [0.29, 0.717) is 11.6 Å². The Balaban J connectivity index is 1.84. The summed E-state index contributed by atoms with van der Waals surface area (Å²) in [6.07, 6.45) is 4.10. The van der Waals surface area contributed by atoms with E-state index in [1.165, 1.54) is 33.0 Å². The van der Waals surface area contributed by atoms with Gasteiger partial charge in [0.25, 0.3) is 0 Å². The fourth-order valence-corrected chi connectivity index (χ4v) is 2.53. The van der Waals surface area contributed by atoms with Crippen LogP contribution >= 0.6 is 0 Å². The molecule has 2 heterocycles. The SMILES string of the molecule is CCN1CCC(CNc2ccnc(C(=O)OC)c2)CC1. The Hall–Kier alpha value is -1.62. The molecule has 0 saturated carbocycles. The van der Waals surface area contributed by atoms with Gasteiger partial charge in [-0.05, 0) is 50.5 Å². The summed E-state index contributed by atoms with van der Waals surface area (Å²) in [5, 5.41) is 3.40. The molecule has 1 aromatic rings. The molecule has 0 aromatic carbocycles. The molecule has 1 aliphatic rings. The molecule has 1 aliphatic heterocycles. The second kappa shape index (κ2) is 7.24. The van der Waals surface area contributed by atoms with Crippen LogP contribution in [0.1, 0.15) is 30.3 Å². The summed E-state index contributed by atoms with van der Waals surface area (Å²) in [7, 11) is 1.37. The zero-order valence-electron chi connectivity index (χ0n) is 12.3. The predicted molar refractivity (Wildman–Crippen MR) is 78.9 cm³/mol. The van der Waals surface area contributed by atoms with Crippen LogP contribution in [0.4, 0.5) is 5.69 Å². The van der Waals surface area contributed by atoms with Crippen LogP contribution < -0.4 is 5.32 Å². The normalized spacial score (nSPS) is 16.9. The van der Waals surface area contributed by atoms with Gasteiger partial charge in [0.05, 0.1) is 7.11 Å². The van der Waals surface area contributed by atoms with E-state index in [9.17, 15) is 4.79 Å². The van der Waals surface area contributed by atoms with Crippen molar-refractivity contribution in [1.82, 2.24) is 9.88 Å². The van der Waals surface area contributed by atoms with Crippen LogP contribution in [0.3, 0.4) is 0 Å². The maximum atomic E-state index is 11.4. The minimum Gasteiger partial charge on any atom is -0.464 e. The van der Waals surface area contributed by atoms with Crippen LogP contribution in [0, 0.1) is 5.92 Å². The third-order valence-corrected chi connectivity index (χ3v) is 3.90. The van der Waals surface area contributed by atoms with E-state index in [4.69, 9.17) is 0 Å². The fourth-order valence-electron chi connectivity index (χ4n) is 2.53. The second-order valence-corrected chi connectivity index (χ2v) is 5.18. The molecule has 20 heavy (non-hydrogen) atoms. The van der Waals surface area contributed by atoms with E-state index in [2.05, 4.69) is 26.9 Å². The topological polar surface area (TPSA) is 54.5 Å². The van der Waals surface area contributed by atoms with Gasteiger partial charge in [0.15, 0.2) is 0 Å². The second-order valence-electron chi connectivity index (χ2n) is 5.18. The van der Waals surface area contributed by atoms with Gasteiger partial charge < -0.3 is 15.0 Å². The van der Waals surface area contributed by atoms with E-state index < -0.39 is 5.97 Å². The number of piperidine rings is 1. The average Bonchev–Trinajstić information content (AvgIpc) is 2.53. The van der Waals surface area contributed by atoms with Crippen LogP contribution in [0.15, 0.2) is 18.3 Å². The fraction of sp³-hybridized carbons (Fsp3) is 0.600. The lowest BCUT2D eigenvalue weighted by atomic mass is 9.97. The molecule has 1 saturated heterocycles. The van der Waals surface area contributed by atoms with Crippen LogP contribution in [0.2, 0.25) is 0 Å². The smallest absolute Gasteiger partial charge is 0.356 e. The summed E-state index contributed by atoms with van der Waals surface area (Å²) >= 11 is 0.